The quantitative estimate of drug-likeness (QED) is 0.893. The van der Waals surface area contributed by atoms with Crippen LogP contribution in [0.1, 0.15) is 12.8 Å². The molecule has 4 aliphatic heterocycles. The lowest BCUT2D eigenvalue weighted by Gasteiger charge is -2.50. The molecule has 24 heavy (non-hydrogen) atoms. The molecule has 3 saturated heterocycles. The van der Waals surface area contributed by atoms with Crippen molar-refractivity contribution in [1.29, 1.82) is 0 Å². The van der Waals surface area contributed by atoms with Crippen LogP contribution in [-0.4, -0.2) is 59.8 Å². The van der Waals surface area contributed by atoms with Crippen LogP contribution in [0.15, 0.2) is 21.5 Å². The first kappa shape index (κ1) is 14.0. The summed E-state index contributed by atoms with van der Waals surface area (Å²) in [5.41, 5.74) is 0.911. The van der Waals surface area contributed by atoms with Crippen LogP contribution in [0.2, 0.25) is 0 Å². The lowest BCUT2D eigenvalue weighted by atomic mass is 9.75. The van der Waals surface area contributed by atoms with Gasteiger partial charge in [-0.15, -0.1) is 0 Å². The highest BCUT2D eigenvalue weighted by Crippen LogP contribution is 2.40. The van der Waals surface area contributed by atoms with Crippen LogP contribution in [-0.2, 0) is 4.74 Å². The molecule has 3 fully saturated rings. The molecule has 6 heterocycles. The monoisotopic (exact) mass is 329 g/mol. The average Bonchev–Trinajstić information content (AvgIpc) is 3.19. The second-order valence-corrected chi connectivity index (χ2v) is 6.66. The van der Waals surface area contributed by atoms with E-state index < -0.39 is 0 Å². The van der Waals surface area contributed by atoms with E-state index in [1.807, 2.05) is 6.07 Å². The van der Waals surface area contributed by atoms with Gasteiger partial charge in [-0.25, -0.2) is 4.99 Å². The van der Waals surface area contributed by atoms with Crippen LogP contribution in [0.5, 0.6) is 5.88 Å². The molecule has 126 valence electrons. The number of nitrogens with zero attached hydrogens (tertiary/aromatic N) is 4. The van der Waals surface area contributed by atoms with Crippen molar-refractivity contribution in [2.24, 2.45) is 10.9 Å². The van der Waals surface area contributed by atoms with Gasteiger partial charge in [0.05, 0.1) is 13.7 Å². The molecular weight excluding hydrogens is 310 g/mol. The second-order valence-electron chi connectivity index (χ2n) is 6.66. The molecule has 8 nitrogen and oxygen atoms in total. The Labute approximate surface area is 138 Å². The standard InChI is InChI=1S/C16H19N5O3/c1-22-12-3-2-11-13(19-12)23-15(18-11)20-14-17-8-16(24-14)9-21-6-4-10(16)5-7-21/h2-3,10H,4-9H2,1H3,(H,17,18,20)/t16-/m1/s1. The van der Waals surface area contributed by atoms with Crippen molar-refractivity contribution in [3.05, 3.63) is 12.1 Å². The maximum atomic E-state index is 6.22. The summed E-state index contributed by atoms with van der Waals surface area (Å²) in [7, 11) is 1.57. The summed E-state index contributed by atoms with van der Waals surface area (Å²) in [4.78, 5) is 15.6. The molecule has 1 atom stereocenters. The SMILES string of the molecule is COc1ccc2nc(NC3=NC[C@]4(CN5CCC4CC5)O3)oc2n1. The van der Waals surface area contributed by atoms with Gasteiger partial charge >= 0.3 is 6.01 Å². The molecular formula is C16H19N5O3. The van der Waals surface area contributed by atoms with E-state index in [4.69, 9.17) is 13.9 Å². The van der Waals surface area contributed by atoms with Crippen LogP contribution >= 0.6 is 0 Å². The van der Waals surface area contributed by atoms with Gasteiger partial charge in [-0.2, -0.15) is 9.97 Å². The maximum Gasteiger partial charge on any atom is 0.305 e. The number of pyridine rings is 1. The number of oxazole rings is 1. The van der Waals surface area contributed by atoms with Crippen LogP contribution < -0.4 is 10.1 Å². The molecule has 1 N–H and O–H groups in total. The summed E-state index contributed by atoms with van der Waals surface area (Å²) >= 11 is 0. The average molecular weight is 329 g/mol. The molecule has 1 spiro atoms. The van der Waals surface area contributed by atoms with Crippen molar-refractivity contribution in [3.8, 4) is 5.88 Å². The van der Waals surface area contributed by atoms with Gasteiger partial charge in [0.15, 0.2) is 0 Å². The summed E-state index contributed by atoms with van der Waals surface area (Å²) < 4.78 is 16.9. The number of anilines is 1. The molecule has 0 saturated carbocycles. The smallest absolute Gasteiger partial charge is 0.305 e. The summed E-state index contributed by atoms with van der Waals surface area (Å²) in [6, 6.07) is 4.38. The van der Waals surface area contributed by atoms with Gasteiger partial charge in [0.25, 0.3) is 11.7 Å². The molecule has 2 aromatic heterocycles. The van der Waals surface area contributed by atoms with E-state index in [0.717, 1.165) is 6.54 Å². The molecule has 8 heteroatoms. The first-order chi connectivity index (χ1) is 11.7. The third-order valence-corrected chi connectivity index (χ3v) is 5.27. The Bertz CT molecular complexity index is 811. The first-order valence-corrected chi connectivity index (χ1v) is 8.28. The fraction of sp³-hybridized carbons (Fsp3) is 0.562. The highest BCUT2D eigenvalue weighted by molar-refractivity contribution is 5.89. The molecule has 0 unspecified atom stereocenters. The van der Waals surface area contributed by atoms with Gasteiger partial charge in [0, 0.05) is 18.5 Å². The minimum atomic E-state index is -0.174. The third-order valence-electron chi connectivity index (χ3n) is 5.27. The van der Waals surface area contributed by atoms with E-state index in [9.17, 15) is 0 Å². The Hall–Kier alpha value is -2.35. The number of hydrogen-bond donors (Lipinski definition) is 1. The van der Waals surface area contributed by atoms with E-state index in [-0.39, 0.29) is 5.60 Å². The highest BCUT2D eigenvalue weighted by Gasteiger charge is 2.51. The van der Waals surface area contributed by atoms with Crippen molar-refractivity contribution in [1.82, 2.24) is 14.9 Å². The van der Waals surface area contributed by atoms with Gasteiger partial charge in [0.2, 0.25) is 5.88 Å². The first-order valence-electron chi connectivity index (χ1n) is 8.28. The number of piperidine rings is 3. The van der Waals surface area contributed by atoms with Gasteiger partial charge in [0.1, 0.15) is 11.1 Å². The topological polar surface area (TPSA) is 85.0 Å². The Morgan fingerprint density at radius 1 is 1.29 bits per heavy atom. The Morgan fingerprint density at radius 3 is 2.92 bits per heavy atom. The lowest BCUT2D eigenvalue weighted by Crippen LogP contribution is -2.61. The molecule has 0 aromatic carbocycles. The van der Waals surface area contributed by atoms with Crippen molar-refractivity contribution in [3.63, 3.8) is 0 Å². The molecule has 0 radical (unpaired) electrons. The molecule has 0 aliphatic carbocycles. The van der Waals surface area contributed by atoms with Crippen LogP contribution in [0, 0.1) is 5.92 Å². The zero-order valence-corrected chi connectivity index (χ0v) is 13.5. The minimum Gasteiger partial charge on any atom is -0.481 e. The molecule has 2 bridgehead atoms. The van der Waals surface area contributed by atoms with Crippen LogP contribution in [0.25, 0.3) is 11.2 Å². The second kappa shape index (κ2) is 5.07. The number of fused-ring (bicyclic) bond motifs is 3. The number of aliphatic imine (C=N–C) groups is 1. The van der Waals surface area contributed by atoms with E-state index >= 15 is 0 Å². The van der Waals surface area contributed by atoms with Gasteiger partial charge in [-0.05, 0) is 32.0 Å². The number of methoxy groups -OCH3 is 1. The number of nitrogens with one attached hydrogen (secondary N) is 1. The van der Waals surface area contributed by atoms with Crippen molar-refractivity contribution in [2.45, 2.75) is 18.4 Å². The highest BCUT2D eigenvalue weighted by atomic mass is 16.5. The molecule has 6 rings (SSSR count). The summed E-state index contributed by atoms with van der Waals surface area (Å²) in [5.74, 6) is 1.08. The van der Waals surface area contributed by atoms with Gasteiger partial charge in [-0.3, -0.25) is 10.2 Å². The third kappa shape index (κ3) is 2.13. The lowest BCUT2D eigenvalue weighted by molar-refractivity contribution is -0.0829. The molecule has 4 aliphatic rings. The van der Waals surface area contributed by atoms with Gasteiger partial charge in [-0.1, -0.05) is 0 Å². The number of hydrogen-bond acceptors (Lipinski definition) is 8. The maximum absolute atomic E-state index is 6.22. The minimum absolute atomic E-state index is 0.174. The van der Waals surface area contributed by atoms with Crippen molar-refractivity contribution in [2.75, 3.05) is 38.6 Å². The summed E-state index contributed by atoms with van der Waals surface area (Å²) in [6.07, 6.45) is 2.38. The normalized spacial score (nSPS) is 31.3. The Kier molecular flexibility index (Phi) is 2.97. The zero-order chi connectivity index (χ0) is 16.1. The fourth-order valence-corrected chi connectivity index (χ4v) is 4.01. The van der Waals surface area contributed by atoms with Crippen molar-refractivity contribution >= 4 is 23.3 Å². The Balaban J connectivity index is 1.34. The van der Waals surface area contributed by atoms with E-state index in [2.05, 4.69) is 25.2 Å². The number of amidine groups is 1. The molecule has 2 aromatic rings. The Morgan fingerprint density at radius 2 is 2.17 bits per heavy atom. The van der Waals surface area contributed by atoms with E-state index in [1.165, 1.54) is 25.9 Å². The van der Waals surface area contributed by atoms with Crippen molar-refractivity contribution < 1.29 is 13.9 Å². The predicted octanol–water partition coefficient (Wildman–Crippen LogP) is 1.49. The largest absolute Gasteiger partial charge is 0.481 e. The van der Waals surface area contributed by atoms with Crippen LogP contribution in [0.3, 0.4) is 0 Å². The predicted molar refractivity (Wildman–Crippen MR) is 87.3 cm³/mol. The number of aromatic nitrogens is 2. The molecule has 0 amide bonds. The zero-order valence-electron chi connectivity index (χ0n) is 13.5. The van der Waals surface area contributed by atoms with Gasteiger partial charge < -0.3 is 13.9 Å². The summed E-state index contributed by atoms with van der Waals surface area (Å²) in [6.45, 7) is 4.01. The van der Waals surface area contributed by atoms with Crippen LogP contribution in [0.4, 0.5) is 6.01 Å². The summed E-state index contributed by atoms with van der Waals surface area (Å²) in [5, 5.41) is 3.05. The van der Waals surface area contributed by atoms with E-state index in [0.29, 0.717) is 41.6 Å². The number of rotatable bonds is 2. The van der Waals surface area contributed by atoms with E-state index in [1.54, 1.807) is 13.2 Å². The fourth-order valence-electron chi connectivity index (χ4n) is 4.01. The number of ether oxygens (including phenoxy) is 2.